The number of thiophene rings is 1. The van der Waals surface area contributed by atoms with Crippen LogP contribution in [0.4, 0.5) is 0 Å². The number of aromatic nitrogens is 3. The van der Waals surface area contributed by atoms with Crippen LogP contribution in [0.3, 0.4) is 0 Å². The molecule has 1 aromatic carbocycles. The lowest BCUT2D eigenvalue weighted by Gasteiger charge is -2.17. The van der Waals surface area contributed by atoms with E-state index in [1.807, 2.05) is 30.3 Å². The first-order valence-electron chi connectivity index (χ1n) is 8.98. The first-order chi connectivity index (χ1) is 14.0. The number of benzene rings is 1. The van der Waals surface area contributed by atoms with Crippen molar-refractivity contribution < 1.29 is 4.79 Å². The van der Waals surface area contributed by atoms with Crippen molar-refractivity contribution in [2.75, 3.05) is 7.05 Å². The Morgan fingerprint density at radius 3 is 2.72 bits per heavy atom. The lowest BCUT2D eigenvalue weighted by atomic mass is 10.2. The van der Waals surface area contributed by atoms with Gasteiger partial charge in [0, 0.05) is 13.2 Å². The van der Waals surface area contributed by atoms with Gasteiger partial charge in [-0.15, -0.1) is 11.3 Å². The van der Waals surface area contributed by atoms with Crippen LogP contribution in [0.2, 0.25) is 0 Å². The number of hydrogen-bond acceptors (Lipinski definition) is 5. The number of rotatable bonds is 5. The molecule has 146 valence electrons. The molecular formula is C21H18N4O3S. The van der Waals surface area contributed by atoms with E-state index in [2.05, 4.69) is 9.97 Å². The van der Waals surface area contributed by atoms with Gasteiger partial charge in [-0.3, -0.25) is 14.4 Å². The van der Waals surface area contributed by atoms with Crippen LogP contribution < -0.4 is 11.1 Å². The van der Waals surface area contributed by atoms with Crippen molar-refractivity contribution in [2.24, 2.45) is 0 Å². The number of nitrogens with zero attached hydrogens (tertiary/aromatic N) is 3. The minimum atomic E-state index is -0.425. The van der Waals surface area contributed by atoms with Crippen molar-refractivity contribution in [3.63, 3.8) is 0 Å². The monoisotopic (exact) mass is 406 g/mol. The molecule has 0 atom stereocenters. The summed E-state index contributed by atoms with van der Waals surface area (Å²) in [5, 5.41) is 1.80. The molecule has 0 saturated carbocycles. The van der Waals surface area contributed by atoms with Crippen LogP contribution in [-0.4, -0.2) is 32.4 Å². The van der Waals surface area contributed by atoms with E-state index in [4.69, 9.17) is 0 Å². The summed E-state index contributed by atoms with van der Waals surface area (Å²) in [7, 11) is 1.58. The summed E-state index contributed by atoms with van der Waals surface area (Å²) in [5.41, 5.74) is 1.05. The van der Waals surface area contributed by atoms with Gasteiger partial charge in [-0.25, -0.2) is 4.98 Å². The van der Waals surface area contributed by atoms with E-state index in [1.165, 1.54) is 26.9 Å². The maximum Gasteiger partial charge on any atom is 0.268 e. The zero-order chi connectivity index (χ0) is 20.4. The Labute approximate surface area is 169 Å². The fourth-order valence-corrected chi connectivity index (χ4v) is 3.83. The van der Waals surface area contributed by atoms with Crippen molar-refractivity contribution in [3.8, 4) is 0 Å². The molecule has 0 spiro atoms. The number of carbonyl (C=O) groups excluding carboxylic acids is 1. The number of hydrogen-bond donors (Lipinski definition) is 1. The number of H-pyrrole nitrogens is 1. The van der Waals surface area contributed by atoms with Gasteiger partial charge in [0.25, 0.3) is 17.0 Å². The van der Waals surface area contributed by atoms with Gasteiger partial charge in [-0.2, -0.15) is 0 Å². The maximum absolute atomic E-state index is 12.9. The van der Waals surface area contributed by atoms with Crippen LogP contribution in [0.15, 0.2) is 69.7 Å². The zero-order valence-corrected chi connectivity index (χ0v) is 16.5. The van der Waals surface area contributed by atoms with Crippen molar-refractivity contribution in [1.82, 2.24) is 19.4 Å². The highest BCUT2D eigenvalue weighted by atomic mass is 32.1. The Bertz CT molecular complexity index is 1290. The average Bonchev–Trinajstić information content (AvgIpc) is 3.19. The number of amides is 1. The molecule has 3 heterocycles. The molecule has 0 bridgehead atoms. The molecule has 0 fully saturated rings. The largest absolute Gasteiger partial charge is 0.334 e. The van der Waals surface area contributed by atoms with E-state index in [-0.39, 0.29) is 23.2 Å². The Balaban J connectivity index is 1.57. The molecule has 29 heavy (non-hydrogen) atoms. The van der Waals surface area contributed by atoms with Gasteiger partial charge in [0.05, 0.1) is 18.6 Å². The molecule has 1 N–H and O–H groups in total. The first-order valence-corrected chi connectivity index (χ1v) is 9.86. The SMILES string of the molecule is CN(Cc1nc2ccsc2c(=O)[nH]1)C(=O)c1cccn(Cc2ccccc2)c1=O. The predicted octanol–water partition coefficient (Wildman–Crippen LogP) is 2.47. The minimum Gasteiger partial charge on any atom is -0.334 e. The first kappa shape index (κ1) is 18.8. The standard InChI is InChI=1S/C21H18N4O3S/c1-24(13-17-22-16-9-11-29-18(16)19(26)23-17)20(27)15-8-5-10-25(21(15)28)12-14-6-3-2-4-7-14/h2-11H,12-13H2,1H3,(H,22,23,26). The van der Waals surface area contributed by atoms with Crippen molar-refractivity contribution >= 4 is 27.5 Å². The number of pyridine rings is 1. The van der Waals surface area contributed by atoms with E-state index >= 15 is 0 Å². The van der Waals surface area contributed by atoms with Gasteiger partial charge in [0.1, 0.15) is 16.1 Å². The number of aromatic amines is 1. The highest BCUT2D eigenvalue weighted by molar-refractivity contribution is 7.17. The fraction of sp³-hybridized carbons (Fsp3) is 0.143. The summed E-state index contributed by atoms with van der Waals surface area (Å²) in [6.45, 7) is 0.473. The molecule has 4 aromatic rings. The van der Waals surface area contributed by atoms with Crippen molar-refractivity contribution in [2.45, 2.75) is 13.1 Å². The molecule has 4 rings (SSSR count). The van der Waals surface area contributed by atoms with Crippen LogP contribution >= 0.6 is 11.3 Å². The summed E-state index contributed by atoms with van der Waals surface area (Å²) in [6.07, 6.45) is 1.66. The van der Waals surface area contributed by atoms with Crippen LogP contribution in [0.25, 0.3) is 10.2 Å². The molecule has 3 aromatic heterocycles. The number of carbonyl (C=O) groups is 1. The third-order valence-corrected chi connectivity index (χ3v) is 5.45. The maximum atomic E-state index is 12.9. The van der Waals surface area contributed by atoms with E-state index in [9.17, 15) is 14.4 Å². The summed E-state index contributed by atoms with van der Waals surface area (Å²) < 4.78 is 2.06. The second-order valence-corrected chi connectivity index (χ2v) is 7.57. The number of nitrogens with one attached hydrogen (secondary N) is 1. The van der Waals surface area contributed by atoms with Crippen molar-refractivity contribution in [3.05, 3.63) is 97.8 Å². The minimum absolute atomic E-state index is 0.0740. The Morgan fingerprint density at radius 2 is 1.93 bits per heavy atom. The summed E-state index contributed by atoms with van der Waals surface area (Å²) in [4.78, 5) is 46.2. The number of fused-ring (bicyclic) bond motifs is 1. The normalized spacial score (nSPS) is 10.9. The van der Waals surface area contributed by atoms with E-state index in [0.29, 0.717) is 22.6 Å². The molecule has 0 unspecified atom stereocenters. The summed E-state index contributed by atoms with van der Waals surface area (Å²) >= 11 is 1.32. The molecule has 0 aliphatic rings. The van der Waals surface area contributed by atoms with Gasteiger partial charge >= 0.3 is 0 Å². The van der Waals surface area contributed by atoms with Gasteiger partial charge in [0.2, 0.25) is 0 Å². The molecular weight excluding hydrogens is 388 g/mol. The molecule has 7 nitrogen and oxygen atoms in total. The second kappa shape index (κ2) is 7.84. The highest BCUT2D eigenvalue weighted by Crippen LogP contribution is 2.14. The van der Waals surface area contributed by atoms with Crippen LogP contribution in [-0.2, 0) is 13.1 Å². The van der Waals surface area contributed by atoms with Crippen LogP contribution in [0.1, 0.15) is 21.7 Å². The van der Waals surface area contributed by atoms with E-state index < -0.39 is 5.91 Å². The fourth-order valence-electron chi connectivity index (χ4n) is 3.10. The topological polar surface area (TPSA) is 88.1 Å². The summed E-state index contributed by atoms with van der Waals surface area (Å²) in [6, 6.07) is 14.5. The van der Waals surface area contributed by atoms with Crippen LogP contribution in [0.5, 0.6) is 0 Å². The predicted molar refractivity (Wildman–Crippen MR) is 112 cm³/mol. The smallest absolute Gasteiger partial charge is 0.268 e. The highest BCUT2D eigenvalue weighted by Gasteiger charge is 2.18. The Hall–Kier alpha value is -3.52. The zero-order valence-electron chi connectivity index (χ0n) is 15.7. The lowest BCUT2D eigenvalue weighted by molar-refractivity contribution is 0.0779. The molecule has 0 saturated heterocycles. The molecule has 1 amide bonds. The van der Waals surface area contributed by atoms with Crippen molar-refractivity contribution in [1.29, 1.82) is 0 Å². The third kappa shape index (κ3) is 3.88. The second-order valence-electron chi connectivity index (χ2n) is 6.65. The van der Waals surface area contributed by atoms with Gasteiger partial charge in [-0.05, 0) is 29.1 Å². The van der Waals surface area contributed by atoms with E-state index in [0.717, 1.165) is 5.56 Å². The average molecular weight is 406 g/mol. The van der Waals surface area contributed by atoms with Crippen LogP contribution in [0, 0.1) is 0 Å². The molecule has 0 aliphatic heterocycles. The Kier molecular flexibility index (Phi) is 5.09. The van der Waals surface area contributed by atoms with Gasteiger partial charge in [0.15, 0.2) is 0 Å². The van der Waals surface area contributed by atoms with Gasteiger partial charge < -0.3 is 14.5 Å². The van der Waals surface area contributed by atoms with E-state index in [1.54, 1.807) is 30.8 Å². The molecule has 8 heteroatoms. The van der Waals surface area contributed by atoms with Gasteiger partial charge in [-0.1, -0.05) is 30.3 Å². The lowest BCUT2D eigenvalue weighted by Crippen LogP contribution is -2.34. The quantitative estimate of drug-likeness (QED) is 0.552. The molecule has 0 radical (unpaired) electrons. The third-order valence-electron chi connectivity index (χ3n) is 4.54. The summed E-state index contributed by atoms with van der Waals surface area (Å²) in [5.74, 6) is -0.0530. The molecule has 0 aliphatic carbocycles. The Morgan fingerprint density at radius 1 is 1.14 bits per heavy atom.